The molecule has 0 bridgehead atoms. The van der Waals surface area contributed by atoms with Crippen molar-refractivity contribution in [3.8, 4) is 0 Å². The summed E-state index contributed by atoms with van der Waals surface area (Å²) in [5, 5.41) is 0. The van der Waals surface area contributed by atoms with E-state index in [1.807, 2.05) is 13.8 Å². The molecule has 0 saturated heterocycles. The van der Waals surface area contributed by atoms with Crippen LogP contribution in [0, 0.1) is 5.92 Å². The van der Waals surface area contributed by atoms with Crippen LogP contribution in [0.2, 0.25) is 0 Å². The molecule has 174 valence electrons. The maximum atomic E-state index is 11.5. The summed E-state index contributed by atoms with van der Waals surface area (Å²) in [4.78, 5) is 11.5. The van der Waals surface area contributed by atoms with Crippen LogP contribution in [0.25, 0.3) is 0 Å². The van der Waals surface area contributed by atoms with Crippen molar-refractivity contribution in [3.63, 3.8) is 0 Å². The summed E-state index contributed by atoms with van der Waals surface area (Å²) in [5.41, 5.74) is 0. The van der Waals surface area contributed by atoms with Gasteiger partial charge in [-0.3, -0.25) is 9.35 Å². The van der Waals surface area contributed by atoms with Gasteiger partial charge in [0, 0.05) is 6.42 Å². The van der Waals surface area contributed by atoms with E-state index in [9.17, 15) is 13.2 Å². The summed E-state index contributed by atoms with van der Waals surface area (Å²) >= 11 is 0. The SMILES string of the molecule is CCCCCCCC[C@@H](CCCCCCCCC(=O)OCC(C)C)OS(=O)(=O)O. The Balaban J connectivity index is 3.80. The smallest absolute Gasteiger partial charge is 0.397 e. The first kappa shape index (κ1) is 28.3. The summed E-state index contributed by atoms with van der Waals surface area (Å²) in [6, 6.07) is 0. The third-order valence-corrected chi connectivity index (χ3v) is 5.39. The molecule has 0 fully saturated rings. The molecule has 0 aromatic rings. The van der Waals surface area contributed by atoms with Crippen molar-refractivity contribution in [2.24, 2.45) is 5.92 Å². The average Bonchev–Trinajstić information content (AvgIpc) is 2.63. The van der Waals surface area contributed by atoms with Gasteiger partial charge in [-0.05, 0) is 25.2 Å². The van der Waals surface area contributed by atoms with Crippen LogP contribution >= 0.6 is 0 Å². The highest BCUT2D eigenvalue weighted by atomic mass is 32.3. The van der Waals surface area contributed by atoms with E-state index in [0.717, 1.165) is 57.8 Å². The van der Waals surface area contributed by atoms with Crippen molar-refractivity contribution in [2.45, 2.75) is 123 Å². The van der Waals surface area contributed by atoms with Crippen LogP contribution in [0.15, 0.2) is 0 Å². The second-order valence-electron chi connectivity index (χ2n) is 8.44. The Hall–Kier alpha value is -0.660. The Morgan fingerprint density at radius 3 is 1.79 bits per heavy atom. The predicted octanol–water partition coefficient (Wildman–Crippen LogP) is 6.25. The van der Waals surface area contributed by atoms with Gasteiger partial charge in [0.25, 0.3) is 0 Å². The number of esters is 1. The van der Waals surface area contributed by atoms with E-state index >= 15 is 0 Å². The lowest BCUT2D eigenvalue weighted by Gasteiger charge is -2.15. The first-order valence-corrected chi connectivity index (χ1v) is 12.9. The standard InChI is InChI=1S/C22H44O6S/c1-4-5-6-7-10-13-16-21(28-29(24,25)26)17-14-11-8-9-12-15-18-22(23)27-19-20(2)3/h20-21H,4-19H2,1-3H3,(H,24,25,26)/t21-/m0/s1. The van der Waals surface area contributed by atoms with Gasteiger partial charge in [-0.25, -0.2) is 4.18 Å². The molecule has 0 unspecified atom stereocenters. The highest BCUT2D eigenvalue weighted by molar-refractivity contribution is 7.80. The van der Waals surface area contributed by atoms with Crippen LogP contribution in [0.3, 0.4) is 0 Å². The molecule has 29 heavy (non-hydrogen) atoms. The van der Waals surface area contributed by atoms with E-state index in [-0.39, 0.29) is 5.97 Å². The molecule has 1 N–H and O–H groups in total. The first-order chi connectivity index (χ1) is 13.7. The monoisotopic (exact) mass is 436 g/mol. The Morgan fingerprint density at radius 1 is 0.828 bits per heavy atom. The van der Waals surface area contributed by atoms with Crippen LogP contribution in [0.1, 0.15) is 117 Å². The van der Waals surface area contributed by atoms with Gasteiger partial charge in [0.05, 0.1) is 12.7 Å². The Morgan fingerprint density at radius 2 is 1.31 bits per heavy atom. The van der Waals surface area contributed by atoms with Gasteiger partial charge < -0.3 is 4.74 Å². The third kappa shape index (κ3) is 21.9. The van der Waals surface area contributed by atoms with Crippen molar-refractivity contribution in [3.05, 3.63) is 0 Å². The number of hydrogen-bond acceptors (Lipinski definition) is 5. The van der Waals surface area contributed by atoms with Crippen molar-refractivity contribution in [1.29, 1.82) is 0 Å². The van der Waals surface area contributed by atoms with E-state index < -0.39 is 16.5 Å². The number of rotatable bonds is 20. The summed E-state index contributed by atoms with van der Waals surface area (Å²) in [6.45, 7) is 6.71. The quantitative estimate of drug-likeness (QED) is 0.138. The second kappa shape index (κ2) is 18.1. The van der Waals surface area contributed by atoms with Gasteiger partial charge in [-0.2, -0.15) is 8.42 Å². The normalized spacial score (nSPS) is 13.0. The minimum Gasteiger partial charge on any atom is -0.465 e. The maximum Gasteiger partial charge on any atom is 0.397 e. The zero-order chi connectivity index (χ0) is 22.0. The molecule has 0 aromatic carbocycles. The van der Waals surface area contributed by atoms with E-state index in [4.69, 9.17) is 13.5 Å². The lowest BCUT2D eigenvalue weighted by atomic mass is 10.0. The Labute approximate surface area is 179 Å². The van der Waals surface area contributed by atoms with Crippen molar-refractivity contribution in [1.82, 2.24) is 0 Å². The number of hydrogen-bond donors (Lipinski definition) is 1. The highest BCUT2D eigenvalue weighted by Crippen LogP contribution is 2.18. The predicted molar refractivity (Wildman–Crippen MR) is 117 cm³/mol. The molecule has 0 saturated carbocycles. The fraction of sp³-hybridized carbons (Fsp3) is 0.955. The molecule has 6 nitrogen and oxygen atoms in total. The number of unbranched alkanes of at least 4 members (excludes halogenated alkanes) is 10. The van der Waals surface area contributed by atoms with Crippen molar-refractivity contribution in [2.75, 3.05) is 6.61 Å². The highest BCUT2D eigenvalue weighted by Gasteiger charge is 2.16. The van der Waals surface area contributed by atoms with Crippen LogP contribution in [-0.4, -0.2) is 31.7 Å². The molecule has 0 aliphatic heterocycles. The van der Waals surface area contributed by atoms with Crippen LogP contribution in [0.4, 0.5) is 0 Å². The van der Waals surface area contributed by atoms with Gasteiger partial charge in [0.2, 0.25) is 0 Å². The molecule has 0 aromatic heterocycles. The third-order valence-electron chi connectivity index (χ3n) is 4.87. The van der Waals surface area contributed by atoms with E-state index in [1.54, 1.807) is 0 Å². The van der Waals surface area contributed by atoms with E-state index in [0.29, 0.717) is 31.8 Å². The zero-order valence-electron chi connectivity index (χ0n) is 18.9. The van der Waals surface area contributed by atoms with Crippen LogP contribution in [0.5, 0.6) is 0 Å². The molecule has 0 heterocycles. The minimum atomic E-state index is -4.39. The molecule has 0 aliphatic rings. The van der Waals surface area contributed by atoms with E-state index in [1.165, 1.54) is 19.3 Å². The fourth-order valence-corrected chi connectivity index (χ4v) is 3.78. The first-order valence-electron chi connectivity index (χ1n) is 11.6. The number of carbonyl (C=O) groups is 1. The largest absolute Gasteiger partial charge is 0.465 e. The fourth-order valence-electron chi connectivity index (χ4n) is 3.25. The molecule has 0 spiro atoms. The molecule has 0 radical (unpaired) electrons. The lowest BCUT2D eigenvalue weighted by Crippen LogP contribution is -2.18. The summed E-state index contributed by atoms with van der Waals surface area (Å²) in [6.07, 6.45) is 14.0. The van der Waals surface area contributed by atoms with Gasteiger partial charge in [0.1, 0.15) is 0 Å². The van der Waals surface area contributed by atoms with Crippen molar-refractivity contribution >= 4 is 16.4 Å². The molecule has 0 amide bonds. The molecule has 0 aliphatic carbocycles. The maximum absolute atomic E-state index is 11.5. The van der Waals surface area contributed by atoms with Gasteiger partial charge in [0.15, 0.2) is 0 Å². The second-order valence-corrected chi connectivity index (χ2v) is 9.49. The average molecular weight is 437 g/mol. The molecule has 0 rings (SSSR count). The van der Waals surface area contributed by atoms with Gasteiger partial charge in [-0.15, -0.1) is 0 Å². The summed E-state index contributed by atoms with van der Waals surface area (Å²) in [5.74, 6) is 0.257. The molecular weight excluding hydrogens is 392 g/mol. The zero-order valence-corrected chi connectivity index (χ0v) is 19.7. The number of carbonyl (C=O) groups excluding carboxylic acids is 1. The van der Waals surface area contributed by atoms with Gasteiger partial charge in [-0.1, -0.05) is 91.4 Å². The minimum absolute atomic E-state index is 0.112. The van der Waals surface area contributed by atoms with Crippen LogP contribution < -0.4 is 0 Å². The van der Waals surface area contributed by atoms with E-state index in [2.05, 4.69) is 6.92 Å². The van der Waals surface area contributed by atoms with Crippen LogP contribution in [-0.2, 0) is 24.1 Å². The van der Waals surface area contributed by atoms with Crippen molar-refractivity contribution < 1.29 is 26.7 Å². The molecule has 7 heteroatoms. The Bertz CT molecular complexity index is 490. The molecule has 1 atom stereocenters. The summed E-state index contributed by atoms with van der Waals surface area (Å²) in [7, 11) is -4.39. The Kier molecular flexibility index (Phi) is 17.7. The molecular formula is C22H44O6S. The topological polar surface area (TPSA) is 89.9 Å². The van der Waals surface area contributed by atoms with Gasteiger partial charge >= 0.3 is 16.4 Å². The number of ether oxygens (including phenoxy) is 1. The summed E-state index contributed by atoms with van der Waals surface area (Å²) < 4.78 is 41.1. The lowest BCUT2D eigenvalue weighted by molar-refractivity contribution is -0.144.